The lowest BCUT2D eigenvalue weighted by Crippen LogP contribution is -2.52. The number of hydrogen-bond acceptors (Lipinski definition) is 5. The molecular formula is C15H16N2O2S2. The summed E-state index contributed by atoms with van der Waals surface area (Å²) in [6, 6.07) is 9.74. The average molecular weight is 320 g/mol. The molecule has 3 rings (SSSR count). The highest BCUT2D eigenvalue weighted by Crippen LogP contribution is 2.34. The van der Waals surface area contributed by atoms with Crippen molar-refractivity contribution < 1.29 is 9.90 Å². The summed E-state index contributed by atoms with van der Waals surface area (Å²) in [5, 5.41) is 15.1. The molecule has 6 heteroatoms. The summed E-state index contributed by atoms with van der Waals surface area (Å²) in [5.41, 5.74) is -0.257. The number of thioether (sulfide) groups is 1. The predicted octanol–water partition coefficient (Wildman–Crippen LogP) is 2.97. The fourth-order valence-electron chi connectivity index (χ4n) is 2.21. The maximum Gasteiger partial charge on any atom is 0.329 e. The first-order valence-electron chi connectivity index (χ1n) is 6.79. The molecule has 1 fully saturated rings. The Morgan fingerprint density at radius 2 is 2.19 bits per heavy atom. The molecule has 2 aromatic rings. The first-order valence-corrected chi connectivity index (χ1v) is 8.66. The number of carboxylic acid groups (broad SMARTS) is 1. The SMILES string of the molecule is O=C(O)C(CSc1nccs1)(NC1CC1)c1ccccc1. The minimum atomic E-state index is -1.06. The number of aromatic nitrogens is 1. The fourth-order valence-corrected chi connectivity index (χ4v) is 4.03. The van der Waals surface area contributed by atoms with Gasteiger partial charge in [0, 0.05) is 23.4 Å². The van der Waals surface area contributed by atoms with Crippen molar-refractivity contribution in [3.8, 4) is 0 Å². The van der Waals surface area contributed by atoms with Crippen LogP contribution in [0.1, 0.15) is 18.4 Å². The molecule has 1 heterocycles. The van der Waals surface area contributed by atoms with Crippen molar-refractivity contribution in [2.75, 3.05) is 5.75 Å². The number of rotatable bonds is 7. The molecule has 110 valence electrons. The van der Waals surface area contributed by atoms with E-state index < -0.39 is 11.5 Å². The fraction of sp³-hybridized carbons (Fsp3) is 0.333. The molecule has 0 aliphatic heterocycles. The Morgan fingerprint density at radius 3 is 2.76 bits per heavy atom. The largest absolute Gasteiger partial charge is 0.480 e. The van der Waals surface area contributed by atoms with Gasteiger partial charge >= 0.3 is 5.97 Å². The smallest absolute Gasteiger partial charge is 0.329 e. The summed E-state index contributed by atoms with van der Waals surface area (Å²) in [4.78, 5) is 16.3. The van der Waals surface area contributed by atoms with Gasteiger partial charge in [0.25, 0.3) is 0 Å². The minimum Gasteiger partial charge on any atom is -0.480 e. The van der Waals surface area contributed by atoms with Crippen LogP contribution in [0.2, 0.25) is 0 Å². The number of benzene rings is 1. The first kappa shape index (κ1) is 14.6. The summed E-state index contributed by atoms with van der Waals surface area (Å²) >= 11 is 3.03. The molecule has 0 bridgehead atoms. The normalized spacial score (nSPS) is 17.3. The molecule has 1 aliphatic carbocycles. The monoisotopic (exact) mass is 320 g/mol. The molecule has 21 heavy (non-hydrogen) atoms. The lowest BCUT2D eigenvalue weighted by molar-refractivity contribution is -0.144. The van der Waals surface area contributed by atoms with Crippen LogP contribution in [0.5, 0.6) is 0 Å². The molecule has 4 nitrogen and oxygen atoms in total. The summed E-state index contributed by atoms with van der Waals surface area (Å²) in [6.45, 7) is 0. The molecule has 1 aliphatic rings. The number of aliphatic carboxylic acids is 1. The van der Waals surface area contributed by atoms with E-state index in [0.29, 0.717) is 11.8 Å². The highest BCUT2D eigenvalue weighted by Gasteiger charge is 2.44. The quantitative estimate of drug-likeness (QED) is 0.768. The number of nitrogens with zero attached hydrogens (tertiary/aromatic N) is 1. The number of thiazole rings is 1. The standard InChI is InChI=1S/C15H16N2O2S2/c18-13(19)15(17-12-6-7-12,11-4-2-1-3-5-11)10-21-14-16-8-9-20-14/h1-5,8-9,12,17H,6-7,10H2,(H,18,19). The second-order valence-corrected chi connectivity index (χ2v) is 7.20. The third-order valence-corrected chi connectivity index (χ3v) is 5.62. The summed E-state index contributed by atoms with van der Waals surface area (Å²) in [6.07, 6.45) is 3.83. The molecule has 1 atom stereocenters. The van der Waals surface area contributed by atoms with E-state index in [0.717, 1.165) is 22.7 Å². The lowest BCUT2D eigenvalue weighted by Gasteiger charge is -2.31. The number of nitrogens with one attached hydrogen (secondary N) is 1. The number of carbonyl (C=O) groups is 1. The molecule has 1 unspecified atom stereocenters. The van der Waals surface area contributed by atoms with Gasteiger partial charge in [0.2, 0.25) is 0 Å². The zero-order valence-electron chi connectivity index (χ0n) is 11.4. The summed E-state index contributed by atoms with van der Waals surface area (Å²) in [5.74, 6) is -0.402. The van der Waals surface area contributed by atoms with Gasteiger partial charge in [0.15, 0.2) is 5.54 Å². The van der Waals surface area contributed by atoms with E-state index in [1.54, 1.807) is 6.20 Å². The van der Waals surface area contributed by atoms with Crippen LogP contribution < -0.4 is 5.32 Å². The summed E-state index contributed by atoms with van der Waals surface area (Å²) < 4.78 is 0.897. The molecule has 1 aromatic carbocycles. The molecular weight excluding hydrogens is 304 g/mol. The van der Waals surface area contributed by atoms with E-state index in [1.165, 1.54) is 23.1 Å². The van der Waals surface area contributed by atoms with Crippen molar-refractivity contribution in [3.63, 3.8) is 0 Å². The number of carboxylic acids is 1. The van der Waals surface area contributed by atoms with Crippen LogP contribution >= 0.6 is 23.1 Å². The van der Waals surface area contributed by atoms with Crippen LogP contribution in [0.15, 0.2) is 46.2 Å². The maximum absolute atomic E-state index is 12.1. The second-order valence-electron chi connectivity index (χ2n) is 5.08. The third-order valence-electron chi connectivity index (χ3n) is 3.48. The van der Waals surface area contributed by atoms with Gasteiger partial charge in [0.05, 0.1) is 0 Å². The Balaban J connectivity index is 1.89. The topological polar surface area (TPSA) is 62.2 Å². The van der Waals surface area contributed by atoms with Gasteiger partial charge in [-0.25, -0.2) is 9.78 Å². The van der Waals surface area contributed by atoms with Crippen LogP contribution in [-0.2, 0) is 10.3 Å². The van der Waals surface area contributed by atoms with E-state index in [2.05, 4.69) is 10.3 Å². The van der Waals surface area contributed by atoms with Gasteiger partial charge in [-0.2, -0.15) is 0 Å². The molecule has 2 N–H and O–H groups in total. The lowest BCUT2D eigenvalue weighted by atomic mass is 9.91. The maximum atomic E-state index is 12.1. The molecule has 0 amide bonds. The third kappa shape index (κ3) is 3.28. The Labute approximate surface area is 131 Å². The second kappa shape index (κ2) is 6.17. The van der Waals surface area contributed by atoms with E-state index in [-0.39, 0.29) is 0 Å². The zero-order chi connectivity index (χ0) is 14.7. The van der Waals surface area contributed by atoms with E-state index in [4.69, 9.17) is 0 Å². The highest BCUT2D eigenvalue weighted by atomic mass is 32.2. The van der Waals surface area contributed by atoms with Crippen molar-refractivity contribution in [1.82, 2.24) is 10.3 Å². The van der Waals surface area contributed by atoms with Gasteiger partial charge in [-0.1, -0.05) is 42.1 Å². The van der Waals surface area contributed by atoms with Gasteiger partial charge in [-0.15, -0.1) is 11.3 Å². The van der Waals surface area contributed by atoms with Gasteiger partial charge in [-0.05, 0) is 18.4 Å². The van der Waals surface area contributed by atoms with Crippen LogP contribution in [0.25, 0.3) is 0 Å². The van der Waals surface area contributed by atoms with Crippen molar-refractivity contribution >= 4 is 29.1 Å². The van der Waals surface area contributed by atoms with Crippen LogP contribution in [0, 0.1) is 0 Å². The molecule has 0 radical (unpaired) electrons. The van der Waals surface area contributed by atoms with Crippen molar-refractivity contribution in [3.05, 3.63) is 47.5 Å². The number of hydrogen-bond donors (Lipinski definition) is 2. The molecule has 0 spiro atoms. The van der Waals surface area contributed by atoms with Gasteiger partial charge in [-0.3, -0.25) is 5.32 Å². The Morgan fingerprint density at radius 1 is 1.43 bits per heavy atom. The molecule has 0 saturated heterocycles. The summed E-state index contributed by atoms with van der Waals surface area (Å²) in [7, 11) is 0. The van der Waals surface area contributed by atoms with Crippen LogP contribution in [-0.4, -0.2) is 27.9 Å². The van der Waals surface area contributed by atoms with Crippen molar-refractivity contribution in [2.24, 2.45) is 0 Å². The van der Waals surface area contributed by atoms with Crippen molar-refractivity contribution in [1.29, 1.82) is 0 Å². The van der Waals surface area contributed by atoms with Crippen molar-refractivity contribution in [2.45, 2.75) is 28.8 Å². The molecule has 1 aromatic heterocycles. The van der Waals surface area contributed by atoms with E-state index >= 15 is 0 Å². The molecule has 1 saturated carbocycles. The highest BCUT2D eigenvalue weighted by molar-refractivity contribution is 8.01. The van der Waals surface area contributed by atoms with Crippen LogP contribution in [0.4, 0.5) is 0 Å². The average Bonchev–Trinajstić information content (AvgIpc) is 3.16. The Bertz CT molecular complexity index is 599. The first-order chi connectivity index (χ1) is 10.2. The van der Waals surface area contributed by atoms with E-state index in [1.807, 2.05) is 35.7 Å². The van der Waals surface area contributed by atoms with Gasteiger partial charge in [0.1, 0.15) is 4.34 Å². The van der Waals surface area contributed by atoms with Gasteiger partial charge < -0.3 is 5.11 Å². The zero-order valence-corrected chi connectivity index (χ0v) is 13.0. The Kier molecular flexibility index (Phi) is 4.28. The predicted molar refractivity (Wildman–Crippen MR) is 84.8 cm³/mol. The minimum absolute atomic E-state index is 0.304. The Hall–Kier alpha value is -1.37. The van der Waals surface area contributed by atoms with Crippen LogP contribution in [0.3, 0.4) is 0 Å². The van der Waals surface area contributed by atoms with E-state index in [9.17, 15) is 9.90 Å².